The highest BCUT2D eigenvalue weighted by Gasteiger charge is 2.32. The summed E-state index contributed by atoms with van der Waals surface area (Å²) in [6.45, 7) is 0.592. The SMILES string of the molecule is CNCCc1cc(C(F)(F)F)ncn1. The van der Waals surface area contributed by atoms with Crippen LogP contribution in [0.25, 0.3) is 0 Å². The Balaban J connectivity index is 2.79. The molecule has 14 heavy (non-hydrogen) atoms. The van der Waals surface area contributed by atoms with Crippen LogP contribution >= 0.6 is 0 Å². The van der Waals surface area contributed by atoms with Crippen LogP contribution < -0.4 is 5.32 Å². The molecule has 0 fully saturated rings. The molecule has 6 heteroatoms. The van der Waals surface area contributed by atoms with Crippen LogP contribution in [-0.2, 0) is 12.6 Å². The number of nitrogens with zero attached hydrogens (tertiary/aromatic N) is 2. The molecule has 1 N–H and O–H groups in total. The lowest BCUT2D eigenvalue weighted by molar-refractivity contribution is -0.141. The molecule has 0 radical (unpaired) electrons. The average Bonchev–Trinajstić information content (AvgIpc) is 2.14. The highest BCUT2D eigenvalue weighted by atomic mass is 19.4. The monoisotopic (exact) mass is 205 g/mol. The predicted molar refractivity (Wildman–Crippen MR) is 44.7 cm³/mol. The Morgan fingerprint density at radius 2 is 2.07 bits per heavy atom. The van der Waals surface area contributed by atoms with Crippen molar-refractivity contribution in [2.45, 2.75) is 12.6 Å². The van der Waals surface area contributed by atoms with Crippen LogP contribution in [-0.4, -0.2) is 23.6 Å². The van der Waals surface area contributed by atoms with Crippen molar-refractivity contribution < 1.29 is 13.2 Å². The largest absolute Gasteiger partial charge is 0.433 e. The van der Waals surface area contributed by atoms with Crippen molar-refractivity contribution in [3.63, 3.8) is 0 Å². The summed E-state index contributed by atoms with van der Waals surface area (Å²) < 4.78 is 36.6. The van der Waals surface area contributed by atoms with E-state index in [0.29, 0.717) is 18.7 Å². The summed E-state index contributed by atoms with van der Waals surface area (Å²) in [4.78, 5) is 6.90. The van der Waals surface area contributed by atoms with Gasteiger partial charge in [-0.2, -0.15) is 13.2 Å². The number of hydrogen-bond donors (Lipinski definition) is 1. The maximum Gasteiger partial charge on any atom is 0.433 e. The third-order valence-corrected chi connectivity index (χ3v) is 1.65. The third kappa shape index (κ3) is 2.95. The number of likely N-dealkylation sites (N-methyl/N-ethyl adjacent to an activating group) is 1. The first-order valence-electron chi connectivity index (χ1n) is 4.07. The summed E-state index contributed by atoms with van der Waals surface area (Å²) in [6, 6.07) is 0.970. The second-order valence-electron chi connectivity index (χ2n) is 2.75. The van der Waals surface area contributed by atoms with E-state index in [0.717, 1.165) is 12.4 Å². The van der Waals surface area contributed by atoms with Crippen molar-refractivity contribution in [3.05, 3.63) is 23.8 Å². The molecule has 1 aromatic heterocycles. The summed E-state index contributed by atoms with van der Waals surface area (Å²) in [6.07, 6.45) is -2.99. The molecule has 0 aliphatic carbocycles. The van der Waals surface area contributed by atoms with Crippen LogP contribution in [0, 0.1) is 0 Å². The molecule has 1 heterocycles. The standard InChI is InChI=1S/C8H10F3N3/c1-12-3-2-6-4-7(8(9,10)11)14-5-13-6/h4-5,12H,2-3H2,1H3. The number of hydrogen-bond acceptors (Lipinski definition) is 3. The van der Waals surface area contributed by atoms with E-state index in [4.69, 9.17) is 0 Å². The van der Waals surface area contributed by atoms with E-state index in [-0.39, 0.29) is 0 Å². The van der Waals surface area contributed by atoms with E-state index < -0.39 is 11.9 Å². The number of nitrogens with one attached hydrogen (secondary N) is 1. The molecule has 0 spiro atoms. The molecule has 0 aliphatic heterocycles. The van der Waals surface area contributed by atoms with E-state index in [9.17, 15) is 13.2 Å². The molecule has 1 rings (SSSR count). The maximum atomic E-state index is 12.2. The molecule has 0 unspecified atom stereocenters. The van der Waals surface area contributed by atoms with Gasteiger partial charge in [0.25, 0.3) is 0 Å². The van der Waals surface area contributed by atoms with Gasteiger partial charge in [-0.3, -0.25) is 0 Å². The Labute approximate surface area is 79.4 Å². The number of alkyl halides is 3. The van der Waals surface area contributed by atoms with Gasteiger partial charge >= 0.3 is 6.18 Å². The van der Waals surface area contributed by atoms with Crippen LogP contribution in [0.15, 0.2) is 12.4 Å². The number of halogens is 3. The van der Waals surface area contributed by atoms with Gasteiger partial charge in [0.2, 0.25) is 0 Å². The first-order chi connectivity index (χ1) is 6.54. The maximum absolute atomic E-state index is 12.2. The molecule has 0 saturated carbocycles. The van der Waals surface area contributed by atoms with Gasteiger partial charge in [-0.15, -0.1) is 0 Å². The summed E-state index contributed by atoms with van der Waals surface area (Å²) in [5.41, 5.74) is -0.500. The van der Waals surface area contributed by atoms with Crippen molar-refractivity contribution >= 4 is 0 Å². The molecule has 78 valence electrons. The van der Waals surface area contributed by atoms with E-state index in [1.54, 1.807) is 7.05 Å². The lowest BCUT2D eigenvalue weighted by Crippen LogP contribution is -2.13. The van der Waals surface area contributed by atoms with Gasteiger partial charge in [0, 0.05) is 18.7 Å². The normalized spacial score (nSPS) is 11.7. The molecule has 0 bridgehead atoms. The molecule has 0 aliphatic rings. The van der Waals surface area contributed by atoms with Gasteiger partial charge in [0.05, 0.1) is 0 Å². The molecule has 1 aromatic rings. The minimum absolute atomic E-state index is 0.390. The van der Waals surface area contributed by atoms with E-state index in [1.807, 2.05) is 0 Å². The quantitative estimate of drug-likeness (QED) is 0.807. The summed E-state index contributed by atoms with van der Waals surface area (Å²) in [5, 5.41) is 2.83. The Morgan fingerprint density at radius 3 is 2.64 bits per heavy atom. The van der Waals surface area contributed by atoms with Crippen molar-refractivity contribution in [2.75, 3.05) is 13.6 Å². The Bertz CT molecular complexity index is 298. The fraction of sp³-hybridized carbons (Fsp3) is 0.500. The minimum atomic E-state index is -4.39. The van der Waals surface area contributed by atoms with Crippen molar-refractivity contribution in [1.29, 1.82) is 0 Å². The lowest BCUT2D eigenvalue weighted by atomic mass is 10.2. The lowest BCUT2D eigenvalue weighted by Gasteiger charge is -2.06. The molecule has 0 amide bonds. The van der Waals surface area contributed by atoms with Crippen molar-refractivity contribution in [1.82, 2.24) is 15.3 Å². The van der Waals surface area contributed by atoms with E-state index in [2.05, 4.69) is 15.3 Å². The zero-order valence-corrected chi connectivity index (χ0v) is 7.60. The fourth-order valence-electron chi connectivity index (χ4n) is 0.942. The third-order valence-electron chi connectivity index (χ3n) is 1.65. The molecular formula is C8H10F3N3. The number of rotatable bonds is 3. The van der Waals surface area contributed by atoms with Crippen LogP contribution in [0.2, 0.25) is 0 Å². The van der Waals surface area contributed by atoms with Crippen LogP contribution in [0.5, 0.6) is 0 Å². The molecule has 0 saturated heterocycles. The van der Waals surface area contributed by atoms with Gasteiger partial charge in [0.1, 0.15) is 12.0 Å². The van der Waals surface area contributed by atoms with Crippen molar-refractivity contribution in [2.24, 2.45) is 0 Å². The first kappa shape index (κ1) is 10.9. The molecule has 0 atom stereocenters. The Kier molecular flexibility index (Phi) is 3.40. The van der Waals surface area contributed by atoms with Gasteiger partial charge < -0.3 is 5.32 Å². The van der Waals surface area contributed by atoms with Crippen LogP contribution in [0.1, 0.15) is 11.4 Å². The van der Waals surface area contributed by atoms with Crippen LogP contribution in [0.3, 0.4) is 0 Å². The van der Waals surface area contributed by atoms with E-state index in [1.165, 1.54) is 0 Å². The van der Waals surface area contributed by atoms with Gasteiger partial charge in [-0.25, -0.2) is 9.97 Å². The minimum Gasteiger partial charge on any atom is -0.319 e. The zero-order chi connectivity index (χ0) is 10.6. The first-order valence-corrected chi connectivity index (χ1v) is 4.07. The summed E-state index contributed by atoms with van der Waals surface area (Å²) in [7, 11) is 1.73. The fourth-order valence-corrected chi connectivity index (χ4v) is 0.942. The molecular weight excluding hydrogens is 195 g/mol. The average molecular weight is 205 g/mol. The highest BCUT2D eigenvalue weighted by Crippen LogP contribution is 2.27. The molecule has 0 aromatic carbocycles. The second-order valence-corrected chi connectivity index (χ2v) is 2.75. The summed E-state index contributed by atoms with van der Waals surface area (Å²) >= 11 is 0. The molecule has 3 nitrogen and oxygen atoms in total. The zero-order valence-electron chi connectivity index (χ0n) is 7.60. The number of aromatic nitrogens is 2. The topological polar surface area (TPSA) is 37.8 Å². The highest BCUT2D eigenvalue weighted by molar-refractivity contribution is 5.11. The van der Waals surface area contributed by atoms with Gasteiger partial charge in [0.15, 0.2) is 0 Å². The Morgan fingerprint density at radius 1 is 1.36 bits per heavy atom. The van der Waals surface area contributed by atoms with Crippen LogP contribution in [0.4, 0.5) is 13.2 Å². The second kappa shape index (κ2) is 4.36. The van der Waals surface area contributed by atoms with Gasteiger partial charge in [-0.05, 0) is 13.1 Å². The van der Waals surface area contributed by atoms with Gasteiger partial charge in [-0.1, -0.05) is 0 Å². The van der Waals surface area contributed by atoms with E-state index >= 15 is 0 Å². The Hall–Kier alpha value is -1.17. The smallest absolute Gasteiger partial charge is 0.319 e. The summed E-state index contributed by atoms with van der Waals surface area (Å²) in [5.74, 6) is 0. The van der Waals surface area contributed by atoms with Crippen molar-refractivity contribution in [3.8, 4) is 0 Å². The predicted octanol–water partition coefficient (Wildman–Crippen LogP) is 1.26.